The van der Waals surface area contributed by atoms with Gasteiger partial charge >= 0.3 is 0 Å². The molecule has 0 spiro atoms. The third-order valence-electron chi connectivity index (χ3n) is 1.16. The van der Waals surface area contributed by atoms with Crippen LogP contribution in [0.4, 0.5) is 0 Å². The Morgan fingerprint density at radius 3 is 1.58 bits per heavy atom. The number of hydrogen-bond acceptors (Lipinski definition) is 2. The van der Waals surface area contributed by atoms with Gasteiger partial charge in [0.25, 0.3) is 0 Å². The lowest BCUT2D eigenvalue weighted by atomic mass is 10.3. The van der Waals surface area contributed by atoms with Crippen molar-refractivity contribution in [2.24, 2.45) is 11.8 Å². The van der Waals surface area contributed by atoms with Crippen molar-refractivity contribution in [3.63, 3.8) is 0 Å². The summed E-state index contributed by atoms with van der Waals surface area (Å²) in [6.45, 7) is 13.0. The Bertz CT molecular complexity index is 114. The molecule has 0 aliphatic carbocycles. The molecule has 12 heavy (non-hydrogen) atoms. The van der Waals surface area contributed by atoms with Gasteiger partial charge in [-0.15, -0.1) is 23.5 Å². The molecule has 0 unspecified atom stereocenters. The van der Waals surface area contributed by atoms with Crippen molar-refractivity contribution in [2.75, 3.05) is 11.5 Å². The standard InChI is InChI=1S/C10H20S2/c1-8(2)6-11-10(5)12-7-9(3)4/h8-9H,5-7H2,1-4H3. The van der Waals surface area contributed by atoms with Crippen LogP contribution < -0.4 is 0 Å². The molecule has 2 heteroatoms. The number of rotatable bonds is 6. The minimum atomic E-state index is 0.770. The molecule has 0 atom stereocenters. The SMILES string of the molecule is C=C(SCC(C)C)SCC(C)C. The summed E-state index contributed by atoms with van der Waals surface area (Å²) in [7, 11) is 0. The van der Waals surface area contributed by atoms with Crippen molar-refractivity contribution in [3.8, 4) is 0 Å². The van der Waals surface area contributed by atoms with E-state index in [0.29, 0.717) is 0 Å². The summed E-state index contributed by atoms with van der Waals surface area (Å²) >= 11 is 3.79. The molecule has 72 valence electrons. The van der Waals surface area contributed by atoms with Gasteiger partial charge in [-0.05, 0) is 11.8 Å². The highest BCUT2D eigenvalue weighted by Gasteiger charge is 2.00. The molecule has 0 amide bonds. The van der Waals surface area contributed by atoms with Gasteiger partial charge in [-0.2, -0.15) is 0 Å². The first-order chi connectivity index (χ1) is 5.52. The molecule has 0 saturated carbocycles. The first-order valence-corrected chi connectivity index (χ1v) is 6.44. The molecule has 0 radical (unpaired) electrons. The van der Waals surface area contributed by atoms with E-state index in [4.69, 9.17) is 0 Å². The molecule has 0 fully saturated rings. The first kappa shape index (κ1) is 12.4. The topological polar surface area (TPSA) is 0 Å². The van der Waals surface area contributed by atoms with E-state index >= 15 is 0 Å². The monoisotopic (exact) mass is 204 g/mol. The van der Waals surface area contributed by atoms with Crippen LogP contribution in [0.2, 0.25) is 0 Å². The maximum atomic E-state index is 4.02. The Morgan fingerprint density at radius 2 is 1.33 bits per heavy atom. The van der Waals surface area contributed by atoms with Crippen molar-refractivity contribution >= 4 is 23.5 Å². The average molecular weight is 204 g/mol. The highest BCUT2D eigenvalue weighted by atomic mass is 32.2. The van der Waals surface area contributed by atoms with Crippen LogP contribution in [0.3, 0.4) is 0 Å². The smallest absolute Gasteiger partial charge is 0.0328 e. The summed E-state index contributed by atoms with van der Waals surface area (Å²) in [5.74, 6) is 3.94. The van der Waals surface area contributed by atoms with Crippen LogP contribution in [0, 0.1) is 11.8 Å². The van der Waals surface area contributed by atoms with Gasteiger partial charge in [0.1, 0.15) is 0 Å². The lowest BCUT2D eigenvalue weighted by molar-refractivity contribution is 0.750. The van der Waals surface area contributed by atoms with Crippen molar-refractivity contribution in [1.82, 2.24) is 0 Å². The molecule has 0 aromatic rings. The van der Waals surface area contributed by atoms with Gasteiger partial charge in [0.15, 0.2) is 0 Å². The average Bonchev–Trinajstić information content (AvgIpc) is 1.96. The van der Waals surface area contributed by atoms with Gasteiger partial charge in [0.05, 0.1) is 0 Å². The van der Waals surface area contributed by atoms with E-state index in [-0.39, 0.29) is 0 Å². The molecule has 0 aliphatic heterocycles. The number of hydrogen-bond donors (Lipinski definition) is 0. The summed E-state index contributed by atoms with van der Waals surface area (Å²) in [5, 5.41) is 0. The van der Waals surface area contributed by atoms with Crippen LogP contribution in [-0.4, -0.2) is 11.5 Å². The largest absolute Gasteiger partial charge is 0.120 e. The Hall–Kier alpha value is 0.440. The predicted octanol–water partition coefficient (Wildman–Crippen LogP) is 4.24. The van der Waals surface area contributed by atoms with Crippen LogP contribution >= 0.6 is 23.5 Å². The van der Waals surface area contributed by atoms with Gasteiger partial charge in [0.2, 0.25) is 0 Å². The van der Waals surface area contributed by atoms with Gasteiger partial charge in [0, 0.05) is 15.7 Å². The fourth-order valence-corrected chi connectivity index (χ4v) is 2.34. The molecule has 0 aliphatic rings. The van der Waals surface area contributed by atoms with E-state index in [0.717, 1.165) is 11.8 Å². The number of thioether (sulfide) groups is 2. The second kappa shape index (κ2) is 6.90. The highest BCUT2D eigenvalue weighted by Crippen LogP contribution is 2.29. The second-order valence-corrected chi connectivity index (χ2v) is 6.27. The zero-order valence-electron chi connectivity index (χ0n) is 8.59. The predicted molar refractivity (Wildman–Crippen MR) is 63.7 cm³/mol. The third-order valence-corrected chi connectivity index (χ3v) is 4.17. The van der Waals surface area contributed by atoms with Crippen LogP contribution in [0.1, 0.15) is 27.7 Å². The Balaban J connectivity index is 3.34. The first-order valence-electron chi connectivity index (χ1n) is 4.47. The van der Waals surface area contributed by atoms with Crippen LogP contribution in [0.5, 0.6) is 0 Å². The van der Waals surface area contributed by atoms with Crippen LogP contribution in [-0.2, 0) is 0 Å². The molecule has 0 aromatic carbocycles. The lowest BCUT2D eigenvalue weighted by Gasteiger charge is -2.08. The fraction of sp³-hybridized carbons (Fsp3) is 0.800. The van der Waals surface area contributed by atoms with Crippen LogP contribution in [0.15, 0.2) is 10.8 Å². The zero-order valence-corrected chi connectivity index (χ0v) is 10.2. The molecule has 0 rings (SSSR count). The fourth-order valence-electron chi connectivity index (χ4n) is 0.561. The molecule has 0 N–H and O–H groups in total. The van der Waals surface area contributed by atoms with Gasteiger partial charge in [-0.1, -0.05) is 34.3 Å². The normalized spacial score (nSPS) is 11.2. The minimum absolute atomic E-state index is 0.770. The summed E-state index contributed by atoms with van der Waals surface area (Å²) in [4.78, 5) is 0. The maximum Gasteiger partial charge on any atom is 0.0328 e. The summed E-state index contributed by atoms with van der Waals surface area (Å²) in [6, 6.07) is 0. The Kier molecular flexibility index (Phi) is 7.16. The van der Waals surface area contributed by atoms with Crippen molar-refractivity contribution in [2.45, 2.75) is 27.7 Å². The van der Waals surface area contributed by atoms with E-state index in [9.17, 15) is 0 Å². The molecular formula is C10H20S2. The Morgan fingerprint density at radius 1 is 1.00 bits per heavy atom. The van der Waals surface area contributed by atoms with Gasteiger partial charge in [-0.3, -0.25) is 0 Å². The molecule has 0 heterocycles. The molecule has 0 bridgehead atoms. The van der Waals surface area contributed by atoms with Crippen molar-refractivity contribution in [3.05, 3.63) is 10.8 Å². The molecule has 0 saturated heterocycles. The van der Waals surface area contributed by atoms with E-state index in [1.54, 1.807) is 0 Å². The third kappa shape index (κ3) is 8.54. The van der Waals surface area contributed by atoms with Crippen molar-refractivity contribution < 1.29 is 0 Å². The summed E-state index contributed by atoms with van der Waals surface area (Å²) in [6.07, 6.45) is 0. The lowest BCUT2D eigenvalue weighted by Crippen LogP contribution is -1.92. The summed E-state index contributed by atoms with van der Waals surface area (Å²) < 4.78 is 1.28. The quantitative estimate of drug-likeness (QED) is 0.635. The van der Waals surface area contributed by atoms with E-state index in [1.165, 1.54) is 15.7 Å². The molecular weight excluding hydrogens is 184 g/mol. The minimum Gasteiger partial charge on any atom is -0.120 e. The molecule has 0 nitrogen and oxygen atoms in total. The zero-order chi connectivity index (χ0) is 9.56. The Labute approximate surface area is 85.6 Å². The highest BCUT2D eigenvalue weighted by molar-refractivity contribution is 8.22. The maximum absolute atomic E-state index is 4.02. The van der Waals surface area contributed by atoms with Crippen molar-refractivity contribution in [1.29, 1.82) is 0 Å². The van der Waals surface area contributed by atoms with Crippen LogP contribution in [0.25, 0.3) is 0 Å². The van der Waals surface area contributed by atoms with Gasteiger partial charge in [-0.25, -0.2) is 0 Å². The summed E-state index contributed by atoms with van der Waals surface area (Å²) in [5.41, 5.74) is 0. The molecule has 0 aromatic heterocycles. The van der Waals surface area contributed by atoms with E-state index in [2.05, 4.69) is 34.3 Å². The van der Waals surface area contributed by atoms with Gasteiger partial charge < -0.3 is 0 Å². The van der Waals surface area contributed by atoms with E-state index < -0.39 is 0 Å². The second-order valence-electron chi connectivity index (χ2n) is 3.78. The van der Waals surface area contributed by atoms with E-state index in [1.807, 2.05) is 23.5 Å².